The van der Waals surface area contributed by atoms with Gasteiger partial charge in [0.25, 0.3) is 0 Å². The van der Waals surface area contributed by atoms with Gasteiger partial charge in [0.1, 0.15) is 5.75 Å². The highest BCUT2D eigenvalue weighted by atomic mass is 35.5. The third-order valence-corrected chi connectivity index (χ3v) is 3.33. The van der Waals surface area contributed by atoms with Gasteiger partial charge in [-0.2, -0.15) is 11.3 Å². The normalized spacial score (nSPS) is 10.6. The lowest BCUT2D eigenvalue weighted by Gasteiger charge is -2.06. The molecular weight excluding hydrogens is 242 g/mol. The molecule has 0 atom stereocenters. The lowest BCUT2D eigenvalue weighted by Crippen LogP contribution is -2.12. The van der Waals surface area contributed by atoms with E-state index in [4.69, 9.17) is 11.6 Å². The lowest BCUT2D eigenvalue weighted by atomic mass is 10.2. The van der Waals surface area contributed by atoms with E-state index in [1.165, 1.54) is 5.56 Å². The maximum Gasteiger partial charge on any atom is 0.138 e. The van der Waals surface area contributed by atoms with Crippen molar-refractivity contribution in [2.24, 2.45) is 0 Å². The minimum atomic E-state index is 0.169. The maximum atomic E-state index is 9.68. The molecule has 0 aliphatic carbocycles. The van der Waals surface area contributed by atoms with Crippen LogP contribution in [0.5, 0.6) is 5.75 Å². The number of halogens is 1. The molecule has 1 aromatic heterocycles. The van der Waals surface area contributed by atoms with E-state index < -0.39 is 0 Å². The average molecular weight is 254 g/mol. The first kappa shape index (κ1) is 11.5. The van der Waals surface area contributed by atoms with Crippen molar-refractivity contribution in [2.75, 3.05) is 0 Å². The predicted molar refractivity (Wildman–Crippen MR) is 68.0 cm³/mol. The van der Waals surface area contributed by atoms with Crippen LogP contribution in [0.3, 0.4) is 0 Å². The zero-order valence-corrected chi connectivity index (χ0v) is 10.2. The van der Waals surface area contributed by atoms with Crippen LogP contribution in [0.25, 0.3) is 0 Å². The van der Waals surface area contributed by atoms with Crippen LogP contribution in [0.15, 0.2) is 35.0 Å². The van der Waals surface area contributed by atoms with Crippen LogP contribution < -0.4 is 5.32 Å². The number of rotatable bonds is 4. The molecule has 16 heavy (non-hydrogen) atoms. The van der Waals surface area contributed by atoms with Gasteiger partial charge in [-0.25, -0.2) is 0 Å². The lowest BCUT2D eigenvalue weighted by molar-refractivity contribution is 0.464. The largest absolute Gasteiger partial charge is 0.506 e. The molecule has 2 N–H and O–H groups in total. The molecule has 1 heterocycles. The molecule has 2 aromatic rings. The highest BCUT2D eigenvalue weighted by Gasteiger charge is 2.04. The number of para-hydroxylation sites is 1. The molecular formula is C12H12ClNOS. The molecule has 2 rings (SSSR count). The minimum Gasteiger partial charge on any atom is -0.506 e. The van der Waals surface area contributed by atoms with E-state index in [-0.39, 0.29) is 5.75 Å². The quantitative estimate of drug-likeness (QED) is 0.875. The molecule has 1 aromatic carbocycles. The van der Waals surface area contributed by atoms with Crippen molar-refractivity contribution < 1.29 is 5.11 Å². The van der Waals surface area contributed by atoms with Crippen LogP contribution in [-0.4, -0.2) is 5.11 Å². The first-order valence-electron chi connectivity index (χ1n) is 4.95. The molecule has 0 unspecified atom stereocenters. The molecule has 0 radical (unpaired) electrons. The number of phenols is 1. The van der Waals surface area contributed by atoms with Crippen molar-refractivity contribution in [3.05, 3.63) is 51.2 Å². The van der Waals surface area contributed by atoms with Crippen molar-refractivity contribution in [3.63, 3.8) is 0 Å². The van der Waals surface area contributed by atoms with Gasteiger partial charge in [-0.3, -0.25) is 0 Å². The Bertz CT molecular complexity index is 456. The van der Waals surface area contributed by atoms with Crippen LogP contribution in [0, 0.1) is 0 Å². The molecule has 0 aliphatic rings. The summed E-state index contributed by atoms with van der Waals surface area (Å²) in [6.45, 7) is 1.41. The van der Waals surface area contributed by atoms with Gasteiger partial charge in [-0.15, -0.1) is 0 Å². The van der Waals surface area contributed by atoms with Crippen LogP contribution in [-0.2, 0) is 13.1 Å². The summed E-state index contributed by atoms with van der Waals surface area (Å²) in [5.41, 5.74) is 2.08. The summed E-state index contributed by atoms with van der Waals surface area (Å²) in [4.78, 5) is 0. The predicted octanol–water partition coefficient (Wildman–Crippen LogP) is 3.40. The Labute approximate surface area is 104 Å². The third-order valence-electron chi connectivity index (χ3n) is 2.30. The van der Waals surface area contributed by atoms with Crippen LogP contribution in [0.2, 0.25) is 5.02 Å². The minimum absolute atomic E-state index is 0.169. The van der Waals surface area contributed by atoms with Crippen molar-refractivity contribution >= 4 is 22.9 Å². The van der Waals surface area contributed by atoms with Crippen molar-refractivity contribution in [2.45, 2.75) is 13.1 Å². The smallest absolute Gasteiger partial charge is 0.138 e. The molecule has 0 amide bonds. The number of benzene rings is 1. The fourth-order valence-corrected chi connectivity index (χ4v) is 2.30. The molecule has 0 aliphatic heterocycles. The molecule has 0 saturated heterocycles. The monoisotopic (exact) mass is 253 g/mol. The molecule has 0 fully saturated rings. The molecule has 84 valence electrons. The van der Waals surface area contributed by atoms with Crippen LogP contribution in [0.1, 0.15) is 11.1 Å². The fraction of sp³-hybridized carbons (Fsp3) is 0.167. The Morgan fingerprint density at radius 1 is 1.25 bits per heavy atom. The van der Waals surface area contributed by atoms with E-state index in [1.807, 2.05) is 17.5 Å². The Kier molecular flexibility index (Phi) is 3.83. The van der Waals surface area contributed by atoms with Gasteiger partial charge in [0.2, 0.25) is 0 Å². The van der Waals surface area contributed by atoms with Crippen LogP contribution >= 0.6 is 22.9 Å². The summed E-state index contributed by atoms with van der Waals surface area (Å²) in [5.74, 6) is 0.169. The van der Waals surface area contributed by atoms with E-state index >= 15 is 0 Å². The first-order valence-corrected chi connectivity index (χ1v) is 6.27. The van der Waals surface area contributed by atoms with E-state index in [2.05, 4.69) is 16.8 Å². The number of hydrogen-bond donors (Lipinski definition) is 2. The summed E-state index contributed by atoms with van der Waals surface area (Å²) < 4.78 is 0. The Morgan fingerprint density at radius 2 is 2.12 bits per heavy atom. The van der Waals surface area contributed by atoms with E-state index in [9.17, 15) is 5.11 Å². The average Bonchev–Trinajstić information content (AvgIpc) is 2.77. The van der Waals surface area contributed by atoms with Gasteiger partial charge >= 0.3 is 0 Å². The number of thiophene rings is 1. The second-order valence-corrected chi connectivity index (χ2v) is 4.67. The van der Waals surface area contributed by atoms with E-state index in [0.29, 0.717) is 11.6 Å². The molecule has 4 heteroatoms. The van der Waals surface area contributed by atoms with Gasteiger partial charge < -0.3 is 10.4 Å². The summed E-state index contributed by atoms with van der Waals surface area (Å²) in [5, 5.41) is 17.5. The maximum absolute atomic E-state index is 9.68. The van der Waals surface area contributed by atoms with Crippen LogP contribution in [0.4, 0.5) is 0 Å². The third kappa shape index (κ3) is 2.76. The summed E-state index contributed by atoms with van der Waals surface area (Å²) in [6.07, 6.45) is 0. The zero-order chi connectivity index (χ0) is 11.4. The number of nitrogens with one attached hydrogen (secondary N) is 1. The van der Waals surface area contributed by atoms with Gasteiger partial charge in [-0.05, 0) is 28.5 Å². The van der Waals surface area contributed by atoms with Crippen molar-refractivity contribution in [3.8, 4) is 5.75 Å². The van der Waals surface area contributed by atoms with Gasteiger partial charge in [0, 0.05) is 18.7 Å². The second kappa shape index (κ2) is 5.34. The van der Waals surface area contributed by atoms with Gasteiger partial charge in [0.15, 0.2) is 0 Å². The number of aromatic hydroxyl groups is 1. The molecule has 2 nitrogen and oxygen atoms in total. The summed E-state index contributed by atoms with van der Waals surface area (Å²) in [7, 11) is 0. The topological polar surface area (TPSA) is 32.3 Å². The Morgan fingerprint density at radius 3 is 2.88 bits per heavy atom. The summed E-state index contributed by atoms with van der Waals surface area (Å²) >= 11 is 7.50. The summed E-state index contributed by atoms with van der Waals surface area (Å²) in [6, 6.07) is 7.46. The Hall–Kier alpha value is -1.03. The molecule has 0 bridgehead atoms. The van der Waals surface area contributed by atoms with E-state index in [0.717, 1.165) is 12.1 Å². The van der Waals surface area contributed by atoms with Crippen molar-refractivity contribution in [1.82, 2.24) is 5.32 Å². The SMILES string of the molecule is Oc1c(Cl)cccc1CNCc1ccsc1. The van der Waals surface area contributed by atoms with Gasteiger partial charge in [-0.1, -0.05) is 23.7 Å². The zero-order valence-electron chi connectivity index (χ0n) is 8.61. The van der Waals surface area contributed by atoms with Gasteiger partial charge in [0.05, 0.1) is 5.02 Å². The number of hydrogen-bond acceptors (Lipinski definition) is 3. The molecule has 0 spiro atoms. The standard InChI is InChI=1S/C12H12ClNOS/c13-11-3-1-2-10(12(11)15)7-14-6-9-4-5-16-8-9/h1-5,8,14-15H,6-7H2. The Balaban J connectivity index is 1.92. The fourth-order valence-electron chi connectivity index (χ4n) is 1.44. The molecule has 0 saturated carbocycles. The highest BCUT2D eigenvalue weighted by Crippen LogP contribution is 2.26. The second-order valence-electron chi connectivity index (χ2n) is 3.48. The highest BCUT2D eigenvalue weighted by molar-refractivity contribution is 7.07. The number of phenolic OH excluding ortho intramolecular Hbond substituents is 1. The van der Waals surface area contributed by atoms with E-state index in [1.54, 1.807) is 17.4 Å². The van der Waals surface area contributed by atoms with Crippen molar-refractivity contribution in [1.29, 1.82) is 0 Å². The first-order chi connectivity index (χ1) is 7.77.